The monoisotopic (exact) mass is 337 g/mol. The summed E-state index contributed by atoms with van der Waals surface area (Å²) in [7, 11) is 2.08. The van der Waals surface area contributed by atoms with E-state index in [1.165, 1.54) is 24.2 Å². The van der Waals surface area contributed by atoms with Crippen LogP contribution in [-0.2, 0) is 11.2 Å². The molecule has 128 valence electrons. The molecular formula is C16H27N5OS. The van der Waals surface area contributed by atoms with Crippen molar-refractivity contribution < 1.29 is 4.79 Å². The summed E-state index contributed by atoms with van der Waals surface area (Å²) in [5, 5.41) is 9.13. The minimum atomic E-state index is 0.0306. The van der Waals surface area contributed by atoms with Gasteiger partial charge in [0, 0.05) is 18.5 Å². The van der Waals surface area contributed by atoms with E-state index in [2.05, 4.69) is 27.6 Å². The van der Waals surface area contributed by atoms with Crippen molar-refractivity contribution in [2.45, 2.75) is 38.1 Å². The van der Waals surface area contributed by atoms with Crippen LogP contribution in [0.15, 0.2) is 5.38 Å². The minimum Gasteiger partial charge on any atom is -0.375 e. The number of hydrogen-bond donors (Lipinski definition) is 3. The van der Waals surface area contributed by atoms with Gasteiger partial charge >= 0.3 is 0 Å². The number of nitrogens with two attached hydrogens (primary N) is 1. The third kappa shape index (κ3) is 4.02. The Morgan fingerprint density at radius 1 is 1.57 bits per heavy atom. The third-order valence-corrected chi connectivity index (χ3v) is 5.91. The molecule has 2 fully saturated rings. The Labute approximate surface area is 141 Å². The van der Waals surface area contributed by atoms with Crippen molar-refractivity contribution in [3.63, 3.8) is 0 Å². The average Bonchev–Trinajstić information content (AvgIpc) is 3.08. The fourth-order valence-electron chi connectivity index (χ4n) is 3.92. The lowest BCUT2D eigenvalue weighted by atomic mass is 9.77. The van der Waals surface area contributed by atoms with Crippen LogP contribution in [0.25, 0.3) is 0 Å². The largest absolute Gasteiger partial charge is 0.375 e. The molecule has 1 aromatic heterocycles. The summed E-state index contributed by atoms with van der Waals surface area (Å²) in [6, 6.07) is 0.0306. The highest BCUT2D eigenvalue weighted by Gasteiger charge is 2.45. The molecule has 3 heterocycles. The highest BCUT2D eigenvalue weighted by molar-refractivity contribution is 7.13. The molecule has 23 heavy (non-hydrogen) atoms. The van der Waals surface area contributed by atoms with Crippen LogP contribution in [0.5, 0.6) is 0 Å². The molecule has 4 N–H and O–H groups in total. The van der Waals surface area contributed by atoms with E-state index in [0.29, 0.717) is 17.1 Å². The first-order valence-electron chi connectivity index (χ1n) is 8.47. The van der Waals surface area contributed by atoms with Crippen LogP contribution >= 0.6 is 11.3 Å². The summed E-state index contributed by atoms with van der Waals surface area (Å²) in [6.45, 7) is 3.91. The molecule has 1 aromatic rings. The number of nitrogens with one attached hydrogen (secondary N) is 2. The van der Waals surface area contributed by atoms with Crippen molar-refractivity contribution in [3.05, 3.63) is 11.1 Å². The van der Waals surface area contributed by atoms with E-state index in [9.17, 15) is 4.79 Å². The summed E-state index contributed by atoms with van der Waals surface area (Å²) in [5.74, 6) is 0.181. The summed E-state index contributed by atoms with van der Waals surface area (Å²) < 4.78 is 0. The van der Waals surface area contributed by atoms with Gasteiger partial charge in [-0.05, 0) is 57.7 Å². The van der Waals surface area contributed by atoms with E-state index >= 15 is 0 Å². The number of likely N-dealkylation sites (N-methyl/N-ethyl adjacent to an activating group) is 1. The molecule has 0 aromatic carbocycles. The second-order valence-corrected chi connectivity index (χ2v) is 7.85. The number of anilines is 1. The number of nitrogens with zero attached hydrogens (tertiary/aromatic N) is 2. The van der Waals surface area contributed by atoms with Crippen molar-refractivity contribution in [2.24, 2.45) is 5.41 Å². The normalized spacial score (nSPS) is 24.1. The van der Waals surface area contributed by atoms with Crippen LogP contribution in [-0.4, -0.2) is 55.1 Å². The molecule has 7 heteroatoms. The summed E-state index contributed by atoms with van der Waals surface area (Å²) in [4.78, 5) is 19.0. The zero-order valence-corrected chi connectivity index (χ0v) is 14.6. The van der Waals surface area contributed by atoms with Gasteiger partial charge in [0.25, 0.3) is 0 Å². The molecule has 2 aliphatic heterocycles. The van der Waals surface area contributed by atoms with Crippen molar-refractivity contribution in [2.75, 3.05) is 39.0 Å². The van der Waals surface area contributed by atoms with E-state index in [0.717, 1.165) is 44.6 Å². The van der Waals surface area contributed by atoms with Gasteiger partial charge in [-0.15, -0.1) is 11.3 Å². The topological polar surface area (TPSA) is 83.3 Å². The van der Waals surface area contributed by atoms with E-state index in [-0.39, 0.29) is 11.9 Å². The number of nitrogen functional groups attached to an aromatic ring is 1. The van der Waals surface area contributed by atoms with Crippen molar-refractivity contribution >= 4 is 22.4 Å². The Kier molecular flexibility index (Phi) is 5.18. The number of aromatic nitrogens is 1. The van der Waals surface area contributed by atoms with Gasteiger partial charge in [0.1, 0.15) is 0 Å². The van der Waals surface area contributed by atoms with Gasteiger partial charge in [0.15, 0.2) is 5.13 Å². The molecule has 6 nitrogen and oxygen atoms in total. The molecule has 0 aliphatic carbocycles. The molecule has 1 atom stereocenters. The molecule has 0 bridgehead atoms. The average molecular weight is 337 g/mol. The van der Waals surface area contributed by atoms with Gasteiger partial charge in [-0.25, -0.2) is 4.98 Å². The molecule has 2 saturated heterocycles. The fourth-order valence-corrected chi connectivity index (χ4v) is 4.52. The van der Waals surface area contributed by atoms with Crippen molar-refractivity contribution in [1.29, 1.82) is 0 Å². The van der Waals surface area contributed by atoms with E-state index in [4.69, 9.17) is 5.73 Å². The van der Waals surface area contributed by atoms with Crippen LogP contribution < -0.4 is 16.4 Å². The fraction of sp³-hybridized carbons (Fsp3) is 0.750. The number of carbonyl (C=O) groups excluding carboxylic acids is 1. The van der Waals surface area contributed by atoms with E-state index < -0.39 is 0 Å². The maximum Gasteiger partial charge on any atom is 0.237 e. The molecule has 0 radical (unpaired) electrons. The lowest BCUT2D eigenvalue weighted by Crippen LogP contribution is -2.41. The van der Waals surface area contributed by atoms with Gasteiger partial charge in [-0.1, -0.05) is 0 Å². The molecule has 1 amide bonds. The van der Waals surface area contributed by atoms with Gasteiger partial charge in [0.05, 0.1) is 11.7 Å². The number of thiazole rings is 1. The van der Waals surface area contributed by atoms with Crippen LogP contribution in [0, 0.1) is 5.41 Å². The van der Waals surface area contributed by atoms with E-state index in [1.807, 2.05) is 5.38 Å². The molecule has 1 spiro atoms. The zero-order valence-electron chi connectivity index (χ0n) is 13.8. The molecule has 2 aliphatic rings. The molecule has 1 unspecified atom stereocenters. The Morgan fingerprint density at radius 2 is 2.35 bits per heavy atom. The smallest absolute Gasteiger partial charge is 0.237 e. The zero-order chi connectivity index (χ0) is 16.3. The maximum absolute atomic E-state index is 12.5. The standard InChI is InChI=1S/C16H27N5OS/c1-21-11-16(4-7-18-8-5-16)9-13(21)14(22)19-6-2-3-12-10-23-15(17)20-12/h10,13,18H,2-9,11H2,1H3,(H2,17,20)(H,19,22). The summed E-state index contributed by atoms with van der Waals surface area (Å²) in [6.07, 6.45) is 5.14. The number of amides is 1. The number of rotatable bonds is 5. The number of hydrogen-bond acceptors (Lipinski definition) is 6. The number of piperidine rings is 1. The number of aryl methyl sites for hydroxylation is 1. The highest BCUT2D eigenvalue weighted by atomic mass is 32.1. The second kappa shape index (κ2) is 7.15. The lowest BCUT2D eigenvalue weighted by molar-refractivity contribution is -0.125. The number of likely N-dealkylation sites (tertiary alicyclic amines) is 1. The van der Waals surface area contributed by atoms with Gasteiger partial charge in [-0.3, -0.25) is 9.69 Å². The van der Waals surface area contributed by atoms with Crippen molar-refractivity contribution in [3.8, 4) is 0 Å². The SMILES string of the molecule is CN1CC2(CCNCC2)CC1C(=O)NCCCc1csc(N)n1. The van der Waals surface area contributed by atoms with Crippen LogP contribution in [0.2, 0.25) is 0 Å². The first kappa shape index (κ1) is 16.7. The Hall–Kier alpha value is -1.18. The first-order valence-corrected chi connectivity index (χ1v) is 9.35. The quantitative estimate of drug-likeness (QED) is 0.694. The summed E-state index contributed by atoms with van der Waals surface area (Å²) >= 11 is 1.47. The third-order valence-electron chi connectivity index (χ3n) is 5.19. The first-order chi connectivity index (χ1) is 11.1. The van der Waals surface area contributed by atoms with E-state index in [1.54, 1.807) is 0 Å². The van der Waals surface area contributed by atoms with Gasteiger partial charge in [-0.2, -0.15) is 0 Å². The predicted molar refractivity (Wildman–Crippen MR) is 93.4 cm³/mol. The lowest BCUT2D eigenvalue weighted by Gasteiger charge is -2.33. The van der Waals surface area contributed by atoms with Crippen molar-refractivity contribution in [1.82, 2.24) is 20.5 Å². The number of carbonyl (C=O) groups is 1. The molecule has 0 saturated carbocycles. The minimum absolute atomic E-state index is 0.0306. The van der Waals surface area contributed by atoms with Crippen LogP contribution in [0.1, 0.15) is 31.4 Å². The second-order valence-electron chi connectivity index (χ2n) is 6.96. The highest BCUT2D eigenvalue weighted by Crippen LogP contribution is 2.41. The summed E-state index contributed by atoms with van der Waals surface area (Å²) in [5.41, 5.74) is 6.99. The van der Waals surface area contributed by atoms with Crippen LogP contribution in [0.4, 0.5) is 5.13 Å². The molecular weight excluding hydrogens is 310 g/mol. The van der Waals surface area contributed by atoms with Gasteiger partial charge < -0.3 is 16.4 Å². The van der Waals surface area contributed by atoms with Gasteiger partial charge in [0.2, 0.25) is 5.91 Å². The predicted octanol–water partition coefficient (Wildman–Crippen LogP) is 0.848. The maximum atomic E-state index is 12.5. The molecule has 3 rings (SSSR count). The van der Waals surface area contributed by atoms with Crippen LogP contribution in [0.3, 0.4) is 0 Å². The Morgan fingerprint density at radius 3 is 3.04 bits per heavy atom. The Bertz CT molecular complexity index is 540. The Balaban J connectivity index is 1.43.